The van der Waals surface area contributed by atoms with Crippen molar-refractivity contribution in [3.8, 4) is 0 Å². The van der Waals surface area contributed by atoms with E-state index in [0.717, 1.165) is 29.7 Å². The van der Waals surface area contributed by atoms with Gasteiger partial charge in [0, 0.05) is 6.54 Å². The van der Waals surface area contributed by atoms with Crippen molar-refractivity contribution in [1.29, 1.82) is 0 Å². The lowest BCUT2D eigenvalue weighted by atomic mass is 10.0. The normalized spacial score (nSPS) is 20.1. The molecule has 2 aromatic rings. The van der Waals surface area contributed by atoms with Crippen molar-refractivity contribution in [1.82, 2.24) is 4.90 Å². The number of ether oxygens (including phenoxy) is 2. The number of amides is 1. The highest BCUT2D eigenvalue weighted by molar-refractivity contribution is 14.1. The first-order chi connectivity index (χ1) is 13.5. The Labute approximate surface area is 180 Å². The third kappa shape index (κ3) is 5.50. The minimum Gasteiger partial charge on any atom is -0.492 e. The molecule has 0 spiro atoms. The third-order valence-electron chi connectivity index (χ3n) is 5.02. The summed E-state index contributed by atoms with van der Waals surface area (Å²) in [6.45, 7) is 6.79. The van der Waals surface area contributed by atoms with Gasteiger partial charge >= 0.3 is 6.09 Å². The average Bonchev–Trinajstić information content (AvgIpc) is 2.73. The summed E-state index contributed by atoms with van der Waals surface area (Å²) in [4.78, 5) is 14.7. The number of benzene rings is 2. The molecule has 4 nitrogen and oxygen atoms in total. The monoisotopic (exact) mass is 491 g/mol. The van der Waals surface area contributed by atoms with Crippen molar-refractivity contribution in [2.75, 3.05) is 0 Å². The van der Waals surface area contributed by atoms with E-state index in [1.165, 1.54) is 0 Å². The van der Waals surface area contributed by atoms with Gasteiger partial charge in [0.1, 0.15) is 18.5 Å². The van der Waals surface area contributed by atoms with E-state index in [0.29, 0.717) is 10.5 Å². The molecule has 1 aliphatic heterocycles. The molecule has 3 rings (SSSR count). The Morgan fingerprint density at radius 2 is 1.75 bits per heavy atom. The molecular weight excluding hydrogens is 465 g/mol. The molecule has 1 heterocycles. The SMILES string of the molecule is C=C1O[C@H]([C@H](C)N(Cc2ccccc2)C(=O)OCc2ccccc2)CCC1I. The second-order valence-electron chi connectivity index (χ2n) is 7.06. The molecule has 28 heavy (non-hydrogen) atoms. The largest absolute Gasteiger partial charge is 0.492 e. The van der Waals surface area contributed by atoms with Crippen molar-refractivity contribution in [2.45, 2.75) is 49.0 Å². The highest BCUT2D eigenvalue weighted by Crippen LogP contribution is 2.31. The van der Waals surface area contributed by atoms with E-state index in [2.05, 4.69) is 29.2 Å². The summed E-state index contributed by atoms with van der Waals surface area (Å²) in [6, 6.07) is 19.6. The molecule has 5 heteroatoms. The highest BCUT2D eigenvalue weighted by atomic mass is 127. The van der Waals surface area contributed by atoms with Gasteiger partial charge in [-0.25, -0.2) is 4.79 Å². The van der Waals surface area contributed by atoms with Crippen LogP contribution in [0.3, 0.4) is 0 Å². The molecule has 0 aliphatic carbocycles. The molecular formula is C23H26INO3. The van der Waals surface area contributed by atoms with Crippen LogP contribution >= 0.6 is 22.6 Å². The van der Waals surface area contributed by atoms with Crippen LogP contribution in [0.4, 0.5) is 4.79 Å². The molecule has 3 atom stereocenters. The summed E-state index contributed by atoms with van der Waals surface area (Å²) in [5.41, 5.74) is 2.03. The number of halogens is 1. The van der Waals surface area contributed by atoms with Gasteiger partial charge in [0.25, 0.3) is 0 Å². The molecule has 1 unspecified atom stereocenters. The van der Waals surface area contributed by atoms with Gasteiger partial charge in [-0.05, 0) is 30.9 Å². The van der Waals surface area contributed by atoms with Crippen LogP contribution in [0.2, 0.25) is 0 Å². The fourth-order valence-corrected chi connectivity index (χ4v) is 3.80. The second-order valence-corrected chi connectivity index (χ2v) is 8.57. The standard InChI is InChI=1S/C23H26INO3/c1-17(22-14-13-21(24)18(2)28-22)25(15-19-9-5-3-6-10-19)23(26)27-16-20-11-7-4-8-12-20/h3-12,17,21-22H,2,13-16H2,1H3/t17-,21?,22-/m0/s1. The molecule has 1 fully saturated rings. The quantitative estimate of drug-likeness (QED) is 0.384. The molecule has 0 radical (unpaired) electrons. The molecule has 1 saturated heterocycles. The van der Waals surface area contributed by atoms with Crippen LogP contribution in [-0.2, 0) is 22.6 Å². The van der Waals surface area contributed by atoms with Crippen LogP contribution in [-0.4, -0.2) is 27.1 Å². The summed E-state index contributed by atoms with van der Waals surface area (Å²) in [5.74, 6) is 0.793. The average molecular weight is 491 g/mol. The number of nitrogens with zero attached hydrogens (tertiary/aromatic N) is 1. The maximum atomic E-state index is 13.0. The Morgan fingerprint density at radius 3 is 2.36 bits per heavy atom. The topological polar surface area (TPSA) is 38.8 Å². The molecule has 1 aliphatic rings. The summed E-state index contributed by atoms with van der Waals surface area (Å²) in [7, 11) is 0. The van der Waals surface area contributed by atoms with Crippen LogP contribution in [0.25, 0.3) is 0 Å². The Kier molecular flexibility index (Phi) is 7.36. The Balaban J connectivity index is 1.72. The number of alkyl halides is 1. The van der Waals surface area contributed by atoms with Crippen molar-refractivity contribution >= 4 is 28.7 Å². The lowest BCUT2D eigenvalue weighted by Crippen LogP contribution is -2.47. The second kappa shape index (κ2) is 9.96. The molecule has 0 aromatic heterocycles. The summed E-state index contributed by atoms with van der Waals surface area (Å²) in [6.07, 6.45) is 1.50. The van der Waals surface area contributed by atoms with E-state index < -0.39 is 0 Å². The van der Waals surface area contributed by atoms with Crippen molar-refractivity contribution in [3.63, 3.8) is 0 Å². The van der Waals surface area contributed by atoms with E-state index >= 15 is 0 Å². The Morgan fingerprint density at radius 1 is 1.14 bits per heavy atom. The van der Waals surface area contributed by atoms with Gasteiger partial charge in [-0.15, -0.1) is 0 Å². The zero-order chi connectivity index (χ0) is 19.9. The van der Waals surface area contributed by atoms with Crippen molar-refractivity contribution in [2.24, 2.45) is 0 Å². The first-order valence-corrected chi connectivity index (χ1v) is 10.8. The van der Waals surface area contributed by atoms with Gasteiger partial charge in [0.15, 0.2) is 0 Å². The van der Waals surface area contributed by atoms with E-state index in [1.54, 1.807) is 4.90 Å². The number of carbonyl (C=O) groups excluding carboxylic acids is 1. The molecule has 0 N–H and O–H groups in total. The van der Waals surface area contributed by atoms with E-state index in [1.807, 2.05) is 67.6 Å². The number of hydrogen-bond donors (Lipinski definition) is 0. The minimum atomic E-state index is -0.328. The van der Waals surface area contributed by atoms with Crippen LogP contribution in [0.15, 0.2) is 73.0 Å². The van der Waals surface area contributed by atoms with Gasteiger partial charge < -0.3 is 9.47 Å². The van der Waals surface area contributed by atoms with Crippen LogP contribution in [0.1, 0.15) is 30.9 Å². The summed E-state index contributed by atoms with van der Waals surface area (Å²) in [5, 5.41) is 0. The van der Waals surface area contributed by atoms with Gasteiger partial charge in [0.2, 0.25) is 0 Å². The molecule has 148 valence electrons. The van der Waals surface area contributed by atoms with Gasteiger partial charge in [-0.3, -0.25) is 4.90 Å². The minimum absolute atomic E-state index is 0.0773. The van der Waals surface area contributed by atoms with Crippen molar-refractivity contribution in [3.05, 3.63) is 84.1 Å². The Hall–Kier alpha value is -2.02. The first-order valence-electron chi connectivity index (χ1n) is 9.55. The van der Waals surface area contributed by atoms with E-state index in [9.17, 15) is 4.79 Å². The molecule has 1 amide bonds. The summed E-state index contributed by atoms with van der Waals surface area (Å²) < 4.78 is 12.0. The summed E-state index contributed by atoms with van der Waals surface area (Å²) >= 11 is 2.36. The maximum Gasteiger partial charge on any atom is 0.410 e. The van der Waals surface area contributed by atoms with Gasteiger partial charge in [-0.1, -0.05) is 89.8 Å². The number of allylic oxidation sites excluding steroid dienone is 1. The lowest BCUT2D eigenvalue weighted by Gasteiger charge is -2.38. The maximum absolute atomic E-state index is 13.0. The molecule has 0 saturated carbocycles. The number of carbonyl (C=O) groups is 1. The zero-order valence-corrected chi connectivity index (χ0v) is 18.2. The first kappa shape index (κ1) is 20.7. The predicted octanol–water partition coefficient (Wildman–Crippen LogP) is 5.71. The fourth-order valence-electron chi connectivity index (χ4n) is 3.30. The van der Waals surface area contributed by atoms with Gasteiger partial charge in [-0.2, -0.15) is 0 Å². The molecule has 0 bridgehead atoms. The lowest BCUT2D eigenvalue weighted by molar-refractivity contribution is -0.000420. The van der Waals surface area contributed by atoms with E-state index in [-0.39, 0.29) is 24.8 Å². The Bertz CT molecular complexity index is 781. The van der Waals surface area contributed by atoms with Crippen LogP contribution in [0, 0.1) is 0 Å². The number of hydrogen-bond acceptors (Lipinski definition) is 3. The van der Waals surface area contributed by atoms with Gasteiger partial charge in [0.05, 0.1) is 9.97 Å². The fraction of sp³-hybridized carbons (Fsp3) is 0.348. The third-order valence-corrected chi connectivity index (χ3v) is 6.34. The van der Waals surface area contributed by atoms with E-state index in [4.69, 9.17) is 9.47 Å². The van der Waals surface area contributed by atoms with Crippen LogP contribution < -0.4 is 0 Å². The smallest absolute Gasteiger partial charge is 0.410 e. The van der Waals surface area contributed by atoms with Crippen molar-refractivity contribution < 1.29 is 14.3 Å². The molecule has 2 aromatic carbocycles. The predicted molar refractivity (Wildman–Crippen MR) is 119 cm³/mol. The zero-order valence-electron chi connectivity index (χ0n) is 16.1. The van der Waals surface area contributed by atoms with Crippen LogP contribution in [0.5, 0.6) is 0 Å². The highest BCUT2D eigenvalue weighted by Gasteiger charge is 2.34. The number of rotatable bonds is 6.